The smallest absolute Gasteiger partial charge is 0.411 e. The minimum Gasteiger partial charge on any atom is -0.468 e. The maximum atomic E-state index is 11.7. The molecule has 1 heterocycles. The number of ether oxygens (including phenoxy) is 2. The molecule has 7 heteroatoms. The van der Waals surface area contributed by atoms with Gasteiger partial charge in [-0.25, -0.2) is 4.79 Å². The van der Waals surface area contributed by atoms with Crippen molar-refractivity contribution in [3.05, 3.63) is 0 Å². The third-order valence-corrected chi connectivity index (χ3v) is 3.68. The maximum absolute atomic E-state index is 11.7. The van der Waals surface area contributed by atoms with E-state index in [1.807, 2.05) is 0 Å². The zero-order valence-corrected chi connectivity index (χ0v) is 11.6. The molecule has 1 fully saturated rings. The fourth-order valence-corrected chi connectivity index (χ4v) is 2.61. The first-order valence-electron chi connectivity index (χ1n) is 5.44. The van der Waals surface area contributed by atoms with Crippen LogP contribution in [0.15, 0.2) is 0 Å². The van der Waals surface area contributed by atoms with E-state index in [0.29, 0.717) is 6.54 Å². The fourth-order valence-electron chi connectivity index (χ4n) is 1.98. The lowest BCUT2D eigenvalue weighted by Gasteiger charge is -2.37. The summed E-state index contributed by atoms with van der Waals surface area (Å²) < 4.78 is 9.45. The van der Waals surface area contributed by atoms with Crippen LogP contribution in [0.2, 0.25) is 0 Å². The molecule has 0 radical (unpaired) electrons. The molecule has 2 unspecified atom stereocenters. The first kappa shape index (κ1) is 14.5. The van der Waals surface area contributed by atoms with Crippen LogP contribution in [0.3, 0.4) is 0 Å². The van der Waals surface area contributed by atoms with Crippen molar-refractivity contribution in [3.63, 3.8) is 0 Å². The average Bonchev–Trinajstić information content (AvgIpc) is 2.37. The number of alkyl halides is 1. The summed E-state index contributed by atoms with van der Waals surface area (Å²) in [4.78, 5) is 24.7. The molecular formula is C10H17ClNO4P. The molecule has 98 valence electrons. The highest BCUT2D eigenvalue weighted by Gasteiger charge is 2.35. The second-order valence-electron chi connectivity index (χ2n) is 3.82. The molecule has 1 rings (SSSR count). The Labute approximate surface area is 108 Å². The topological polar surface area (TPSA) is 55.8 Å². The second-order valence-corrected chi connectivity index (χ2v) is 4.76. The van der Waals surface area contributed by atoms with Crippen LogP contribution in [0, 0.1) is 0 Å². The van der Waals surface area contributed by atoms with Gasteiger partial charge in [0.25, 0.3) is 0 Å². The van der Waals surface area contributed by atoms with Gasteiger partial charge in [-0.2, -0.15) is 0 Å². The molecule has 0 bridgehead atoms. The summed E-state index contributed by atoms with van der Waals surface area (Å²) in [6, 6.07) is -0.376. The summed E-state index contributed by atoms with van der Waals surface area (Å²) in [5, 5.41) is 0. The zero-order chi connectivity index (χ0) is 12.8. The lowest BCUT2D eigenvalue weighted by molar-refractivity contribution is -0.141. The summed E-state index contributed by atoms with van der Waals surface area (Å²) in [5.41, 5.74) is -0.428. The van der Waals surface area contributed by atoms with Crippen LogP contribution in [0.5, 0.6) is 0 Å². The standard InChI is InChI=1S/C10H17ClNO4P/c1-15-9(13)8(17)7-4-2-3-5-12(7)10(14)16-6-11/h7-8H,2-6,17H2,1H3/t7?,8-/m1/s1. The lowest BCUT2D eigenvalue weighted by Crippen LogP contribution is -2.50. The predicted molar refractivity (Wildman–Crippen MR) is 67.1 cm³/mol. The molecule has 0 aromatic carbocycles. The summed E-state index contributed by atoms with van der Waals surface area (Å²) in [7, 11) is 3.77. The van der Waals surface area contributed by atoms with E-state index in [9.17, 15) is 9.59 Å². The molecule has 0 saturated carbocycles. The number of carbonyl (C=O) groups is 2. The van der Waals surface area contributed by atoms with Crippen molar-refractivity contribution >= 4 is 32.9 Å². The average molecular weight is 282 g/mol. The van der Waals surface area contributed by atoms with Crippen LogP contribution in [0.25, 0.3) is 0 Å². The highest BCUT2D eigenvalue weighted by molar-refractivity contribution is 7.19. The number of nitrogens with zero attached hydrogens (tertiary/aromatic N) is 1. The van der Waals surface area contributed by atoms with E-state index in [1.54, 1.807) is 4.90 Å². The SMILES string of the molecule is COC(=O)[C@H](P)C1CCCCN1C(=O)OCCl. The van der Waals surface area contributed by atoms with Gasteiger partial charge in [-0.3, -0.25) is 4.79 Å². The number of methoxy groups -OCH3 is 1. The molecule has 0 aliphatic carbocycles. The first-order valence-corrected chi connectivity index (χ1v) is 6.64. The van der Waals surface area contributed by atoms with Crippen LogP contribution >= 0.6 is 20.8 Å². The minimum absolute atomic E-state index is 0.179. The normalized spacial score (nSPS) is 21.8. The molecule has 0 N–H and O–H groups in total. The molecular weight excluding hydrogens is 265 g/mol. The summed E-state index contributed by atoms with van der Waals surface area (Å²) >= 11 is 5.37. The Morgan fingerprint density at radius 3 is 2.82 bits per heavy atom. The van der Waals surface area contributed by atoms with Crippen molar-refractivity contribution in [1.29, 1.82) is 0 Å². The molecule has 1 aliphatic rings. The van der Waals surface area contributed by atoms with Crippen molar-refractivity contribution in [2.24, 2.45) is 0 Å². The Balaban J connectivity index is 2.71. The largest absolute Gasteiger partial charge is 0.468 e. The third kappa shape index (κ3) is 3.71. The quantitative estimate of drug-likeness (QED) is 0.448. The van der Waals surface area contributed by atoms with Gasteiger partial charge in [-0.05, 0) is 19.3 Å². The molecule has 1 saturated heterocycles. The van der Waals surface area contributed by atoms with Crippen molar-refractivity contribution in [1.82, 2.24) is 4.90 Å². The Kier molecular flexibility index (Phi) is 6.00. The van der Waals surface area contributed by atoms with Crippen molar-refractivity contribution in [2.45, 2.75) is 31.0 Å². The number of carbonyl (C=O) groups excluding carboxylic acids is 2. The van der Waals surface area contributed by atoms with Crippen LogP contribution in [-0.2, 0) is 14.3 Å². The van der Waals surface area contributed by atoms with E-state index >= 15 is 0 Å². The van der Waals surface area contributed by atoms with Gasteiger partial charge in [0.2, 0.25) is 0 Å². The van der Waals surface area contributed by atoms with Gasteiger partial charge in [0.15, 0.2) is 6.07 Å². The second kappa shape index (κ2) is 7.02. The zero-order valence-electron chi connectivity index (χ0n) is 9.73. The van der Waals surface area contributed by atoms with E-state index in [1.165, 1.54) is 7.11 Å². The molecule has 1 amide bonds. The van der Waals surface area contributed by atoms with Crippen LogP contribution < -0.4 is 0 Å². The highest BCUT2D eigenvalue weighted by atomic mass is 35.5. The fraction of sp³-hybridized carbons (Fsp3) is 0.800. The molecule has 1 aliphatic heterocycles. The first-order chi connectivity index (χ1) is 8.11. The molecule has 17 heavy (non-hydrogen) atoms. The third-order valence-electron chi connectivity index (χ3n) is 2.85. The Hall–Kier alpha value is -0.540. The number of likely N-dealkylation sites (tertiary alicyclic amines) is 1. The van der Waals surface area contributed by atoms with Gasteiger partial charge in [-0.1, -0.05) is 11.6 Å². The highest BCUT2D eigenvalue weighted by Crippen LogP contribution is 2.25. The minimum atomic E-state index is -0.471. The number of esters is 1. The molecule has 5 nitrogen and oxygen atoms in total. The Bertz CT molecular complexity index is 289. The number of rotatable bonds is 3. The van der Waals surface area contributed by atoms with Crippen molar-refractivity contribution < 1.29 is 19.1 Å². The van der Waals surface area contributed by atoms with Gasteiger partial charge in [0.1, 0.15) is 0 Å². The number of amides is 1. The van der Waals surface area contributed by atoms with Gasteiger partial charge in [0, 0.05) is 6.54 Å². The number of halogens is 1. The van der Waals surface area contributed by atoms with Crippen LogP contribution in [0.1, 0.15) is 19.3 Å². The number of piperidine rings is 1. The van der Waals surface area contributed by atoms with E-state index in [0.717, 1.165) is 19.3 Å². The molecule has 0 aromatic rings. The number of hydrogen-bond donors (Lipinski definition) is 0. The van der Waals surface area contributed by atoms with Gasteiger partial charge < -0.3 is 14.4 Å². The molecule has 3 atom stereocenters. The van der Waals surface area contributed by atoms with Crippen molar-refractivity contribution in [2.75, 3.05) is 19.7 Å². The van der Waals surface area contributed by atoms with E-state index in [2.05, 4.69) is 14.0 Å². The summed E-state index contributed by atoms with van der Waals surface area (Å²) in [6.07, 6.45) is 2.19. The van der Waals surface area contributed by atoms with E-state index in [-0.39, 0.29) is 18.1 Å². The summed E-state index contributed by atoms with van der Waals surface area (Å²) in [5.74, 6) is -0.342. The van der Waals surface area contributed by atoms with Gasteiger partial charge in [-0.15, -0.1) is 9.24 Å². The van der Waals surface area contributed by atoms with E-state index < -0.39 is 11.8 Å². The van der Waals surface area contributed by atoms with Gasteiger partial charge >= 0.3 is 12.1 Å². The summed E-state index contributed by atoms with van der Waals surface area (Å²) in [6.45, 7) is 0.586. The maximum Gasteiger partial charge on any atom is 0.411 e. The van der Waals surface area contributed by atoms with Crippen LogP contribution in [0.4, 0.5) is 4.79 Å². The molecule has 0 aromatic heterocycles. The monoisotopic (exact) mass is 281 g/mol. The van der Waals surface area contributed by atoms with E-state index in [4.69, 9.17) is 16.3 Å². The van der Waals surface area contributed by atoms with Crippen LogP contribution in [-0.4, -0.2) is 48.4 Å². The van der Waals surface area contributed by atoms with Gasteiger partial charge in [0.05, 0.1) is 18.8 Å². The number of hydrogen-bond acceptors (Lipinski definition) is 4. The molecule has 0 spiro atoms. The predicted octanol–water partition coefficient (Wildman–Crippen LogP) is 1.59. The Morgan fingerprint density at radius 2 is 2.24 bits per heavy atom. The van der Waals surface area contributed by atoms with Crippen molar-refractivity contribution in [3.8, 4) is 0 Å². The lowest BCUT2D eigenvalue weighted by atomic mass is 9.99. The Morgan fingerprint density at radius 1 is 1.53 bits per heavy atom.